The van der Waals surface area contributed by atoms with E-state index in [9.17, 15) is 18.4 Å². The van der Waals surface area contributed by atoms with Gasteiger partial charge in [0.1, 0.15) is 17.4 Å². The standard InChI is InChI=1S/C22H25F2N3O3/c23-18-3-1-17(2-4-18)9-10-25-21(28)15-26-11-13-27(14-12-26)22(29)16-30-20-7-5-19(24)6-8-20/h1-8H,9-16H2,(H,25,28). The lowest BCUT2D eigenvalue weighted by molar-refractivity contribution is -0.135. The van der Waals surface area contributed by atoms with Crippen LogP contribution in [0.3, 0.4) is 0 Å². The van der Waals surface area contributed by atoms with E-state index in [1.54, 1.807) is 17.0 Å². The molecule has 0 saturated carbocycles. The van der Waals surface area contributed by atoms with Gasteiger partial charge in [-0.2, -0.15) is 0 Å². The van der Waals surface area contributed by atoms with Crippen molar-refractivity contribution in [2.45, 2.75) is 6.42 Å². The van der Waals surface area contributed by atoms with E-state index >= 15 is 0 Å². The van der Waals surface area contributed by atoms with E-state index in [0.717, 1.165) is 5.56 Å². The van der Waals surface area contributed by atoms with Crippen LogP contribution in [0.4, 0.5) is 8.78 Å². The summed E-state index contributed by atoms with van der Waals surface area (Å²) < 4.78 is 31.2. The van der Waals surface area contributed by atoms with Crippen LogP contribution in [0.5, 0.6) is 5.75 Å². The third-order valence-corrected chi connectivity index (χ3v) is 4.92. The van der Waals surface area contributed by atoms with Crippen LogP contribution in [0.15, 0.2) is 48.5 Å². The molecule has 0 aliphatic carbocycles. The van der Waals surface area contributed by atoms with Gasteiger partial charge in [0.2, 0.25) is 5.91 Å². The van der Waals surface area contributed by atoms with Crippen LogP contribution in [0.25, 0.3) is 0 Å². The molecule has 2 aromatic rings. The second kappa shape index (κ2) is 10.7. The summed E-state index contributed by atoms with van der Waals surface area (Å²) in [4.78, 5) is 28.1. The predicted octanol–water partition coefficient (Wildman–Crippen LogP) is 1.85. The third-order valence-electron chi connectivity index (χ3n) is 4.92. The van der Waals surface area contributed by atoms with Crippen LogP contribution in [-0.2, 0) is 16.0 Å². The number of carbonyl (C=O) groups is 2. The van der Waals surface area contributed by atoms with Crippen molar-refractivity contribution in [3.05, 3.63) is 65.7 Å². The highest BCUT2D eigenvalue weighted by Crippen LogP contribution is 2.11. The number of piperazine rings is 1. The molecule has 8 heteroatoms. The molecular weight excluding hydrogens is 392 g/mol. The van der Waals surface area contributed by atoms with Crippen molar-refractivity contribution in [1.82, 2.24) is 15.1 Å². The highest BCUT2D eigenvalue weighted by Gasteiger charge is 2.22. The molecule has 1 aliphatic rings. The highest BCUT2D eigenvalue weighted by atomic mass is 19.1. The van der Waals surface area contributed by atoms with Gasteiger partial charge in [-0.3, -0.25) is 14.5 Å². The molecular formula is C22H25F2N3O3. The van der Waals surface area contributed by atoms with Gasteiger partial charge in [-0.25, -0.2) is 8.78 Å². The summed E-state index contributed by atoms with van der Waals surface area (Å²) in [6, 6.07) is 11.7. The summed E-state index contributed by atoms with van der Waals surface area (Å²) in [6.45, 7) is 2.92. The maximum atomic E-state index is 12.9. The molecule has 160 valence electrons. The first-order chi connectivity index (χ1) is 14.5. The minimum atomic E-state index is -0.357. The predicted molar refractivity (Wildman–Crippen MR) is 108 cm³/mol. The van der Waals surface area contributed by atoms with Crippen molar-refractivity contribution in [3.63, 3.8) is 0 Å². The topological polar surface area (TPSA) is 61.9 Å². The monoisotopic (exact) mass is 417 g/mol. The van der Waals surface area contributed by atoms with Crippen molar-refractivity contribution in [1.29, 1.82) is 0 Å². The van der Waals surface area contributed by atoms with E-state index in [4.69, 9.17) is 4.74 Å². The molecule has 2 amide bonds. The number of hydrogen-bond acceptors (Lipinski definition) is 4. The third kappa shape index (κ3) is 6.81. The van der Waals surface area contributed by atoms with Gasteiger partial charge in [0.05, 0.1) is 6.54 Å². The lowest BCUT2D eigenvalue weighted by atomic mass is 10.1. The van der Waals surface area contributed by atoms with Crippen LogP contribution in [0.2, 0.25) is 0 Å². The summed E-state index contributed by atoms with van der Waals surface area (Å²) >= 11 is 0. The highest BCUT2D eigenvalue weighted by molar-refractivity contribution is 5.79. The first-order valence-electron chi connectivity index (χ1n) is 9.89. The van der Waals surface area contributed by atoms with E-state index in [-0.39, 0.29) is 36.6 Å². The number of nitrogens with one attached hydrogen (secondary N) is 1. The molecule has 0 bridgehead atoms. The molecule has 1 N–H and O–H groups in total. The Morgan fingerprint density at radius 2 is 1.50 bits per heavy atom. The number of nitrogens with zero attached hydrogens (tertiary/aromatic N) is 2. The SMILES string of the molecule is O=C(CN1CCN(C(=O)COc2ccc(F)cc2)CC1)NCCc1ccc(F)cc1. The number of halogens is 2. The molecule has 2 aromatic carbocycles. The maximum absolute atomic E-state index is 12.9. The maximum Gasteiger partial charge on any atom is 0.260 e. The Morgan fingerprint density at radius 1 is 0.900 bits per heavy atom. The van der Waals surface area contributed by atoms with Crippen molar-refractivity contribution >= 4 is 11.8 Å². The number of hydrogen-bond donors (Lipinski definition) is 1. The molecule has 0 spiro atoms. The summed E-state index contributed by atoms with van der Waals surface area (Å²) in [5.74, 6) is -0.397. The van der Waals surface area contributed by atoms with Gasteiger partial charge in [0.15, 0.2) is 6.61 Å². The summed E-state index contributed by atoms with van der Waals surface area (Å²) in [7, 11) is 0. The Kier molecular flexibility index (Phi) is 7.73. The fraction of sp³-hybridized carbons (Fsp3) is 0.364. The normalized spacial score (nSPS) is 14.4. The second-order valence-electron chi connectivity index (χ2n) is 7.13. The minimum Gasteiger partial charge on any atom is -0.484 e. The van der Waals surface area contributed by atoms with E-state index in [2.05, 4.69) is 5.32 Å². The van der Waals surface area contributed by atoms with Crippen molar-refractivity contribution in [3.8, 4) is 5.75 Å². The van der Waals surface area contributed by atoms with Gasteiger partial charge in [0, 0.05) is 32.7 Å². The van der Waals surface area contributed by atoms with Crippen LogP contribution in [0, 0.1) is 11.6 Å². The van der Waals surface area contributed by atoms with Crippen molar-refractivity contribution in [2.75, 3.05) is 45.9 Å². The van der Waals surface area contributed by atoms with Crippen LogP contribution < -0.4 is 10.1 Å². The number of carbonyl (C=O) groups excluding carboxylic acids is 2. The van der Waals surface area contributed by atoms with Gasteiger partial charge in [-0.05, 0) is 48.4 Å². The van der Waals surface area contributed by atoms with Crippen molar-refractivity contribution in [2.24, 2.45) is 0 Å². The molecule has 1 saturated heterocycles. The number of ether oxygens (including phenoxy) is 1. The smallest absolute Gasteiger partial charge is 0.260 e. The zero-order valence-electron chi connectivity index (χ0n) is 16.7. The Bertz CT molecular complexity index is 836. The van der Waals surface area contributed by atoms with Gasteiger partial charge >= 0.3 is 0 Å². The van der Waals surface area contributed by atoms with E-state index in [0.29, 0.717) is 44.9 Å². The average Bonchev–Trinajstić information content (AvgIpc) is 2.75. The van der Waals surface area contributed by atoms with Gasteiger partial charge in [0.25, 0.3) is 5.91 Å². The number of amides is 2. The van der Waals surface area contributed by atoms with Gasteiger partial charge in [-0.1, -0.05) is 12.1 Å². The van der Waals surface area contributed by atoms with Gasteiger partial charge < -0.3 is 15.0 Å². The molecule has 1 aliphatic heterocycles. The quantitative estimate of drug-likeness (QED) is 0.712. The minimum absolute atomic E-state index is 0.0727. The van der Waals surface area contributed by atoms with E-state index in [1.807, 2.05) is 4.90 Å². The average molecular weight is 417 g/mol. The molecule has 0 aromatic heterocycles. The zero-order chi connectivity index (χ0) is 21.3. The molecule has 6 nitrogen and oxygen atoms in total. The fourth-order valence-electron chi connectivity index (χ4n) is 3.18. The summed E-state index contributed by atoms with van der Waals surface area (Å²) in [5.41, 5.74) is 0.965. The Balaban J connectivity index is 1.31. The van der Waals surface area contributed by atoms with Gasteiger partial charge in [-0.15, -0.1) is 0 Å². The number of rotatable bonds is 8. The molecule has 3 rings (SSSR count). The summed E-state index contributed by atoms with van der Waals surface area (Å²) in [5, 5.41) is 2.87. The molecule has 30 heavy (non-hydrogen) atoms. The van der Waals surface area contributed by atoms with Crippen LogP contribution in [-0.4, -0.2) is 67.5 Å². The van der Waals surface area contributed by atoms with E-state index in [1.165, 1.54) is 36.4 Å². The first-order valence-corrected chi connectivity index (χ1v) is 9.89. The first kappa shape index (κ1) is 21.7. The molecule has 0 atom stereocenters. The molecule has 0 radical (unpaired) electrons. The Hall–Kier alpha value is -3.00. The Morgan fingerprint density at radius 3 is 2.13 bits per heavy atom. The van der Waals surface area contributed by atoms with Crippen molar-refractivity contribution < 1.29 is 23.1 Å². The van der Waals surface area contributed by atoms with Crippen LogP contribution in [0.1, 0.15) is 5.56 Å². The largest absolute Gasteiger partial charge is 0.484 e. The molecule has 1 fully saturated rings. The zero-order valence-corrected chi connectivity index (χ0v) is 16.7. The van der Waals surface area contributed by atoms with E-state index < -0.39 is 0 Å². The Labute approximate surface area is 174 Å². The molecule has 0 unspecified atom stereocenters. The second-order valence-corrected chi connectivity index (χ2v) is 7.13. The fourth-order valence-corrected chi connectivity index (χ4v) is 3.18. The molecule has 1 heterocycles. The van der Waals surface area contributed by atoms with Crippen LogP contribution >= 0.6 is 0 Å². The number of benzene rings is 2. The summed E-state index contributed by atoms with van der Waals surface area (Å²) in [6.07, 6.45) is 0.641. The lowest BCUT2D eigenvalue weighted by Crippen LogP contribution is -2.52. The lowest BCUT2D eigenvalue weighted by Gasteiger charge is -2.34.